The summed E-state index contributed by atoms with van der Waals surface area (Å²) in [7, 11) is 0. The van der Waals surface area contributed by atoms with Crippen LogP contribution in [-0.4, -0.2) is 18.2 Å². The molecule has 0 atom stereocenters. The van der Waals surface area contributed by atoms with Crippen LogP contribution in [0.3, 0.4) is 0 Å². The van der Waals surface area contributed by atoms with Crippen LogP contribution in [0.2, 0.25) is 0 Å². The van der Waals surface area contributed by atoms with Crippen molar-refractivity contribution < 1.29 is 4.79 Å². The molecule has 1 amide bonds. The summed E-state index contributed by atoms with van der Waals surface area (Å²) in [6.45, 7) is 8.94. The highest BCUT2D eigenvalue weighted by Gasteiger charge is 2.09. The van der Waals surface area contributed by atoms with Gasteiger partial charge in [-0.3, -0.25) is 4.79 Å². The van der Waals surface area contributed by atoms with Gasteiger partial charge in [-0.15, -0.1) is 11.8 Å². The quantitative estimate of drug-likeness (QED) is 0.653. The third kappa shape index (κ3) is 4.14. The Kier molecular flexibility index (Phi) is 5.67. The summed E-state index contributed by atoms with van der Waals surface area (Å²) < 4.78 is 0. The van der Waals surface area contributed by atoms with Crippen molar-refractivity contribution >= 4 is 17.7 Å². The van der Waals surface area contributed by atoms with Gasteiger partial charge in [0.2, 0.25) is 0 Å². The van der Waals surface area contributed by atoms with Gasteiger partial charge in [0.15, 0.2) is 0 Å². The number of nitrogens with one attached hydrogen (secondary N) is 1. The van der Waals surface area contributed by atoms with Gasteiger partial charge in [-0.2, -0.15) is 0 Å². The summed E-state index contributed by atoms with van der Waals surface area (Å²) in [6, 6.07) is 12.3. The van der Waals surface area contributed by atoms with Crippen LogP contribution in [0.15, 0.2) is 41.3 Å². The Morgan fingerprint density at radius 2 is 1.77 bits per heavy atom. The van der Waals surface area contributed by atoms with Crippen LogP contribution >= 0.6 is 11.8 Å². The molecule has 2 aromatic carbocycles. The first-order valence-corrected chi connectivity index (χ1v) is 8.52. The van der Waals surface area contributed by atoms with Crippen molar-refractivity contribution in [2.45, 2.75) is 32.6 Å². The maximum atomic E-state index is 12.2. The number of thioether (sulfide) groups is 1. The lowest BCUT2D eigenvalue weighted by Crippen LogP contribution is -2.26. The zero-order chi connectivity index (χ0) is 16.1. The summed E-state index contributed by atoms with van der Waals surface area (Å²) in [5, 5.41) is 3.00. The number of carbonyl (C=O) groups is 1. The largest absolute Gasteiger partial charge is 0.351 e. The van der Waals surface area contributed by atoms with Gasteiger partial charge >= 0.3 is 0 Å². The molecule has 0 bridgehead atoms. The zero-order valence-electron chi connectivity index (χ0n) is 13.7. The first kappa shape index (κ1) is 16.6. The molecule has 2 nitrogen and oxygen atoms in total. The molecule has 0 aliphatic carbocycles. The molecular formula is C19H23NOS. The fraction of sp³-hybridized carbons (Fsp3) is 0.316. The molecule has 0 heterocycles. The van der Waals surface area contributed by atoms with Crippen LogP contribution in [0, 0.1) is 27.7 Å². The van der Waals surface area contributed by atoms with Gasteiger partial charge in [0.1, 0.15) is 0 Å². The fourth-order valence-corrected chi connectivity index (χ4v) is 3.09. The third-order valence-electron chi connectivity index (χ3n) is 3.98. The molecule has 0 radical (unpaired) electrons. The van der Waals surface area contributed by atoms with Gasteiger partial charge in [0.25, 0.3) is 5.91 Å². The van der Waals surface area contributed by atoms with Crippen LogP contribution in [-0.2, 0) is 0 Å². The lowest BCUT2D eigenvalue weighted by atomic mass is 10.0. The van der Waals surface area contributed by atoms with E-state index >= 15 is 0 Å². The van der Waals surface area contributed by atoms with Crippen molar-refractivity contribution in [3.8, 4) is 0 Å². The Hall–Kier alpha value is -1.74. The van der Waals surface area contributed by atoms with E-state index in [-0.39, 0.29) is 5.91 Å². The molecular weight excluding hydrogens is 290 g/mol. The summed E-state index contributed by atoms with van der Waals surface area (Å²) in [5.41, 5.74) is 5.60. The maximum Gasteiger partial charge on any atom is 0.251 e. The standard InChI is InChI=1S/C19H23NOS/c1-13-8-9-17(12-15(13)3)22-11-10-20-19(21)18-7-5-6-14(2)16(18)4/h5-9,12H,10-11H2,1-4H3,(H,20,21). The van der Waals surface area contributed by atoms with E-state index in [0.717, 1.165) is 22.4 Å². The minimum atomic E-state index is 0.0156. The number of carbonyl (C=O) groups excluding carboxylic acids is 1. The summed E-state index contributed by atoms with van der Waals surface area (Å²) in [5.74, 6) is 0.890. The SMILES string of the molecule is Cc1ccc(SCCNC(=O)c2cccc(C)c2C)cc1C. The molecule has 0 aliphatic heterocycles. The normalized spacial score (nSPS) is 10.5. The number of benzene rings is 2. The van der Waals surface area contributed by atoms with Crippen molar-refractivity contribution in [1.82, 2.24) is 5.32 Å². The summed E-state index contributed by atoms with van der Waals surface area (Å²) in [6.07, 6.45) is 0. The van der Waals surface area contributed by atoms with Gasteiger partial charge in [-0.05, 0) is 68.1 Å². The highest BCUT2D eigenvalue weighted by molar-refractivity contribution is 7.99. The Bertz CT molecular complexity index is 679. The molecule has 22 heavy (non-hydrogen) atoms. The minimum absolute atomic E-state index is 0.0156. The second-order valence-corrected chi connectivity index (χ2v) is 6.77. The molecule has 0 spiro atoms. The molecule has 1 N–H and O–H groups in total. The highest BCUT2D eigenvalue weighted by Crippen LogP contribution is 2.20. The van der Waals surface area contributed by atoms with Crippen LogP contribution in [0.5, 0.6) is 0 Å². The molecule has 0 unspecified atom stereocenters. The van der Waals surface area contributed by atoms with Gasteiger partial charge in [0.05, 0.1) is 0 Å². The van der Waals surface area contributed by atoms with Crippen molar-refractivity contribution in [2.75, 3.05) is 12.3 Å². The Morgan fingerprint density at radius 3 is 2.50 bits per heavy atom. The highest BCUT2D eigenvalue weighted by atomic mass is 32.2. The molecule has 0 aromatic heterocycles. The smallest absolute Gasteiger partial charge is 0.251 e. The average molecular weight is 313 g/mol. The van der Waals surface area contributed by atoms with Crippen LogP contribution in [0.25, 0.3) is 0 Å². The van der Waals surface area contributed by atoms with Gasteiger partial charge < -0.3 is 5.32 Å². The Balaban J connectivity index is 1.84. The lowest BCUT2D eigenvalue weighted by Gasteiger charge is -2.10. The van der Waals surface area contributed by atoms with Crippen LogP contribution in [0.4, 0.5) is 0 Å². The molecule has 2 aromatic rings. The molecule has 0 saturated carbocycles. The van der Waals surface area contributed by atoms with E-state index < -0.39 is 0 Å². The monoisotopic (exact) mass is 313 g/mol. The van der Waals surface area contributed by atoms with Crippen molar-refractivity contribution in [1.29, 1.82) is 0 Å². The van der Waals surface area contributed by atoms with Crippen LogP contribution in [0.1, 0.15) is 32.6 Å². The topological polar surface area (TPSA) is 29.1 Å². The molecule has 116 valence electrons. The maximum absolute atomic E-state index is 12.2. The number of hydrogen-bond acceptors (Lipinski definition) is 2. The molecule has 0 aliphatic rings. The third-order valence-corrected chi connectivity index (χ3v) is 4.98. The molecule has 3 heteroatoms. The zero-order valence-corrected chi connectivity index (χ0v) is 14.5. The predicted molar refractivity (Wildman–Crippen MR) is 94.9 cm³/mol. The Morgan fingerprint density at radius 1 is 1.00 bits per heavy atom. The van der Waals surface area contributed by atoms with E-state index in [2.05, 4.69) is 37.4 Å². The average Bonchev–Trinajstić information content (AvgIpc) is 2.49. The van der Waals surface area contributed by atoms with Gasteiger partial charge in [-0.25, -0.2) is 0 Å². The van der Waals surface area contributed by atoms with E-state index in [4.69, 9.17) is 0 Å². The fourth-order valence-electron chi connectivity index (χ4n) is 2.23. The van der Waals surface area contributed by atoms with E-state index in [1.807, 2.05) is 32.0 Å². The van der Waals surface area contributed by atoms with E-state index in [1.165, 1.54) is 16.0 Å². The molecule has 2 rings (SSSR count). The predicted octanol–water partition coefficient (Wildman–Crippen LogP) is 4.44. The number of hydrogen-bond donors (Lipinski definition) is 1. The second kappa shape index (κ2) is 7.50. The van der Waals surface area contributed by atoms with Crippen LogP contribution < -0.4 is 5.32 Å². The number of rotatable bonds is 5. The van der Waals surface area contributed by atoms with Gasteiger partial charge in [0, 0.05) is 22.8 Å². The second-order valence-electron chi connectivity index (χ2n) is 5.60. The molecule has 0 saturated heterocycles. The van der Waals surface area contributed by atoms with Gasteiger partial charge in [-0.1, -0.05) is 18.2 Å². The first-order chi connectivity index (χ1) is 10.5. The number of aryl methyl sites for hydroxylation is 3. The summed E-state index contributed by atoms with van der Waals surface area (Å²) in [4.78, 5) is 13.5. The van der Waals surface area contributed by atoms with Crippen molar-refractivity contribution in [2.24, 2.45) is 0 Å². The first-order valence-electron chi connectivity index (χ1n) is 7.53. The summed E-state index contributed by atoms with van der Waals surface area (Å²) >= 11 is 1.77. The minimum Gasteiger partial charge on any atom is -0.351 e. The van der Waals surface area contributed by atoms with E-state index in [1.54, 1.807) is 11.8 Å². The lowest BCUT2D eigenvalue weighted by molar-refractivity contribution is 0.0955. The molecule has 0 fully saturated rings. The number of amides is 1. The van der Waals surface area contributed by atoms with Crippen molar-refractivity contribution in [3.63, 3.8) is 0 Å². The van der Waals surface area contributed by atoms with E-state index in [9.17, 15) is 4.79 Å². The van der Waals surface area contributed by atoms with Crippen molar-refractivity contribution in [3.05, 3.63) is 64.2 Å². The Labute approximate surface area is 137 Å². The van der Waals surface area contributed by atoms with E-state index in [0.29, 0.717) is 6.54 Å².